The summed E-state index contributed by atoms with van der Waals surface area (Å²) in [6, 6.07) is 3.35. The van der Waals surface area contributed by atoms with Gasteiger partial charge in [0.15, 0.2) is 10.9 Å². The van der Waals surface area contributed by atoms with Crippen molar-refractivity contribution >= 4 is 28.8 Å². The number of nitrogens with zero attached hydrogens (tertiary/aromatic N) is 2. The number of amides is 1. The van der Waals surface area contributed by atoms with Crippen molar-refractivity contribution in [1.29, 1.82) is 0 Å². The molecule has 11 heteroatoms. The summed E-state index contributed by atoms with van der Waals surface area (Å²) in [6.07, 6.45) is -5.07. The summed E-state index contributed by atoms with van der Waals surface area (Å²) in [7, 11) is 0. The molecule has 0 radical (unpaired) electrons. The Kier molecular flexibility index (Phi) is 6.97. The molecule has 1 atom stereocenters. The third-order valence-electron chi connectivity index (χ3n) is 4.55. The number of carbonyl (C=O) groups is 2. The average Bonchev–Trinajstić information content (AvgIpc) is 3.08. The molecule has 32 heavy (non-hydrogen) atoms. The molecule has 1 unspecified atom stereocenters. The number of thioether (sulfide) groups is 1. The molecule has 1 N–H and O–H groups in total. The van der Waals surface area contributed by atoms with Gasteiger partial charge in [-0.25, -0.2) is 14.2 Å². The first-order chi connectivity index (χ1) is 15.0. The zero-order chi connectivity index (χ0) is 23.6. The van der Waals surface area contributed by atoms with Gasteiger partial charge in [-0.15, -0.1) is 0 Å². The lowest BCUT2D eigenvalue weighted by Gasteiger charge is -2.37. The maximum Gasteiger partial charge on any atom is 0.434 e. The molecular formula is C21H21F4N3O3S. The van der Waals surface area contributed by atoms with Crippen molar-refractivity contribution in [3.63, 3.8) is 0 Å². The largest absolute Gasteiger partial charge is 0.463 e. The predicted molar refractivity (Wildman–Crippen MR) is 112 cm³/mol. The first-order valence-electron chi connectivity index (χ1n) is 9.79. The highest BCUT2D eigenvalue weighted by atomic mass is 32.2. The van der Waals surface area contributed by atoms with Crippen LogP contribution in [0.25, 0.3) is 0 Å². The SMILES string of the molecule is CCOC(=O)C1=C(C(F)(F)F)N=C2SC=C(CC(=O)NC(C)C)N2C1c1ccc(F)cc1. The Morgan fingerprint density at radius 2 is 1.91 bits per heavy atom. The van der Waals surface area contributed by atoms with E-state index in [1.165, 1.54) is 29.4 Å². The van der Waals surface area contributed by atoms with Crippen LogP contribution in [-0.4, -0.2) is 40.8 Å². The van der Waals surface area contributed by atoms with Gasteiger partial charge in [0.05, 0.1) is 24.6 Å². The highest BCUT2D eigenvalue weighted by molar-refractivity contribution is 8.16. The Balaban J connectivity index is 2.15. The number of hydrogen-bond acceptors (Lipinski definition) is 6. The van der Waals surface area contributed by atoms with E-state index in [-0.39, 0.29) is 35.7 Å². The zero-order valence-corrected chi connectivity index (χ0v) is 18.3. The summed E-state index contributed by atoms with van der Waals surface area (Å²) in [4.78, 5) is 30.2. The van der Waals surface area contributed by atoms with Crippen molar-refractivity contribution in [3.05, 3.63) is 58.0 Å². The average molecular weight is 471 g/mol. The number of hydrogen-bond donors (Lipinski definition) is 1. The Bertz CT molecular complexity index is 1000. The van der Waals surface area contributed by atoms with Gasteiger partial charge >= 0.3 is 12.1 Å². The molecule has 1 aromatic rings. The van der Waals surface area contributed by atoms with Gasteiger partial charge < -0.3 is 15.0 Å². The second-order valence-electron chi connectivity index (χ2n) is 7.33. The minimum Gasteiger partial charge on any atom is -0.463 e. The van der Waals surface area contributed by atoms with Crippen molar-refractivity contribution in [1.82, 2.24) is 10.2 Å². The van der Waals surface area contributed by atoms with Crippen LogP contribution < -0.4 is 5.32 Å². The van der Waals surface area contributed by atoms with E-state index in [0.717, 1.165) is 23.9 Å². The molecule has 0 aromatic heterocycles. The molecule has 2 heterocycles. The molecule has 1 aromatic carbocycles. The van der Waals surface area contributed by atoms with E-state index >= 15 is 0 Å². The molecule has 0 fully saturated rings. The van der Waals surface area contributed by atoms with E-state index < -0.39 is 35.3 Å². The Labute approximate surface area is 186 Å². The first kappa shape index (κ1) is 23.8. The van der Waals surface area contributed by atoms with Crippen LogP contribution in [0, 0.1) is 5.82 Å². The summed E-state index contributed by atoms with van der Waals surface area (Å²) in [5.74, 6) is -2.10. The van der Waals surface area contributed by atoms with Gasteiger partial charge in [-0.05, 0) is 43.9 Å². The standard InChI is InChI=1S/C21H21F4N3O3S/c1-4-31-19(30)16-17(12-5-7-13(22)8-6-12)28-14(9-15(29)26-11(2)3)10-32-20(28)27-18(16)21(23,24)25/h5-8,10-11,17H,4,9H2,1-3H3,(H,26,29). The van der Waals surface area contributed by atoms with E-state index in [2.05, 4.69) is 10.3 Å². The number of ether oxygens (including phenoxy) is 1. The summed E-state index contributed by atoms with van der Waals surface area (Å²) in [5, 5.41) is 4.22. The Morgan fingerprint density at radius 1 is 1.25 bits per heavy atom. The van der Waals surface area contributed by atoms with E-state index in [1.54, 1.807) is 13.8 Å². The Hall–Kier alpha value is -2.82. The van der Waals surface area contributed by atoms with Crippen LogP contribution in [0.3, 0.4) is 0 Å². The van der Waals surface area contributed by atoms with Gasteiger partial charge in [0.25, 0.3) is 0 Å². The number of aliphatic imine (C=N–C) groups is 1. The first-order valence-corrected chi connectivity index (χ1v) is 10.7. The Morgan fingerprint density at radius 3 is 2.47 bits per heavy atom. The smallest absolute Gasteiger partial charge is 0.434 e. The molecule has 0 saturated heterocycles. The normalized spacial score (nSPS) is 18.4. The predicted octanol–water partition coefficient (Wildman–Crippen LogP) is 4.42. The number of halogens is 4. The van der Waals surface area contributed by atoms with Crippen molar-refractivity contribution in [3.8, 4) is 0 Å². The fourth-order valence-corrected chi connectivity index (χ4v) is 4.31. The minimum absolute atomic E-state index is 0.0351. The monoisotopic (exact) mass is 471 g/mol. The van der Waals surface area contributed by atoms with Crippen LogP contribution in [-0.2, 0) is 14.3 Å². The number of carbonyl (C=O) groups excluding carboxylic acids is 2. The number of fused-ring (bicyclic) bond motifs is 1. The summed E-state index contributed by atoms with van der Waals surface area (Å²) >= 11 is 0.917. The maximum absolute atomic E-state index is 13.9. The number of nitrogens with one attached hydrogen (secondary N) is 1. The molecule has 0 aliphatic carbocycles. The number of esters is 1. The molecule has 3 rings (SSSR count). The van der Waals surface area contributed by atoms with Crippen molar-refractivity contribution in [2.75, 3.05) is 6.61 Å². The van der Waals surface area contributed by atoms with Crippen LogP contribution in [0.2, 0.25) is 0 Å². The maximum atomic E-state index is 13.9. The van der Waals surface area contributed by atoms with Crippen LogP contribution in [0.15, 0.2) is 51.6 Å². The van der Waals surface area contributed by atoms with E-state index in [0.29, 0.717) is 5.70 Å². The molecule has 2 aliphatic heterocycles. The molecule has 2 aliphatic rings. The molecule has 1 amide bonds. The number of amidine groups is 1. The van der Waals surface area contributed by atoms with Crippen LogP contribution in [0.4, 0.5) is 17.6 Å². The quantitative estimate of drug-likeness (QED) is 0.491. The van der Waals surface area contributed by atoms with Crippen molar-refractivity contribution in [2.24, 2.45) is 4.99 Å². The van der Waals surface area contributed by atoms with Crippen LogP contribution in [0.1, 0.15) is 38.8 Å². The lowest BCUT2D eigenvalue weighted by molar-refractivity contribution is -0.140. The van der Waals surface area contributed by atoms with Crippen molar-refractivity contribution in [2.45, 2.75) is 45.5 Å². The van der Waals surface area contributed by atoms with E-state index in [1.807, 2.05) is 0 Å². The van der Waals surface area contributed by atoms with Gasteiger partial charge in [0.2, 0.25) is 5.91 Å². The highest BCUT2D eigenvalue weighted by Gasteiger charge is 2.49. The number of alkyl halides is 3. The van der Waals surface area contributed by atoms with Gasteiger partial charge in [-0.2, -0.15) is 13.2 Å². The third kappa shape index (κ3) is 4.98. The molecule has 0 saturated carbocycles. The minimum atomic E-state index is -4.93. The molecule has 6 nitrogen and oxygen atoms in total. The lowest BCUT2D eigenvalue weighted by atomic mass is 9.93. The number of allylic oxidation sites excluding steroid dienone is 1. The topological polar surface area (TPSA) is 71.0 Å². The van der Waals surface area contributed by atoms with E-state index in [9.17, 15) is 27.2 Å². The van der Waals surface area contributed by atoms with Crippen LogP contribution in [0.5, 0.6) is 0 Å². The van der Waals surface area contributed by atoms with Gasteiger partial charge in [-0.3, -0.25) is 4.79 Å². The van der Waals surface area contributed by atoms with Gasteiger partial charge in [0, 0.05) is 11.7 Å². The third-order valence-corrected chi connectivity index (χ3v) is 5.44. The van der Waals surface area contributed by atoms with Crippen molar-refractivity contribution < 1.29 is 31.9 Å². The summed E-state index contributed by atoms with van der Waals surface area (Å²) < 4.78 is 60.2. The number of benzene rings is 1. The number of rotatable bonds is 6. The molecular weight excluding hydrogens is 450 g/mol. The van der Waals surface area contributed by atoms with Crippen LogP contribution >= 0.6 is 11.8 Å². The second kappa shape index (κ2) is 9.35. The fourth-order valence-electron chi connectivity index (χ4n) is 3.39. The molecule has 0 bridgehead atoms. The second-order valence-corrected chi connectivity index (χ2v) is 8.16. The summed E-state index contributed by atoms with van der Waals surface area (Å²) in [5.41, 5.74) is -1.50. The van der Waals surface area contributed by atoms with E-state index in [4.69, 9.17) is 4.74 Å². The molecule has 172 valence electrons. The lowest BCUT2D eigenvalue weighted by Crippen LogP contribution is -2.40. The zero-order valence-electron chi connectivity index (χ0n) is 17.5. The van der Waals surface area contributed by atoms with Gasteiger partial charge in [0.1, 0.15) is 5.82 Å². The fraction of sp³-hybridized carbons (Fsp3) is 0.381. The summed E-state index contributed by atoms with van der Waals surface area (Å²) in [6.45, 7) is 4.89. The molecule has 0 spiro atoms. The van der Waals surface area contributed by atoms with Gasteiger partial charge in [-0.1, -0.05) is 23.9 Å². The highest BCUT2D eigenvalue weighted by Crippen LogP contribution is 2.48.